The van der Waals surface area contributed by atoms with E-state index in [0.717, 1.165) is 23.4 Å². The maximum absolute atomic E-state index is 13.9. The highest BCUT2D eigenvalue weighted by Crippen LogP contribution is 2.41. The van der Waals surface area contributed by atoms with Gasteiger partial charge in [-0.15, -0.1) is 11.8 Å². The van der Waals surface area contributed by atoms with Gasteiger partial charge in [0, 0.05) is 17.6 Å². The molecule has 5 rings (SSSR count). The number of hydrogen-bond donors (Lipinski definition) is 1. The first-order valence-corrected chi connectivity index (χ1v) is 12.6. The number of imidazole rings is 1. The molecule has 1 aliphatic heterocycles. The molecule has 1 unspecified atom stereocenters. The Hall–Kier alpha value is -1.90. The van der Waals surface area contributed by atoms with E-state index >= 15 is 0 Å². The molecule has 32 heavy (non-hydrogen) atoms. The molecule has 0 radical (unpaired) electrons. The van der Waals surface area contributed by atoms with Crippen LogP contribution < -0.4 is 5.32 Å². The van der Waals surface area contributed by atoms with Crippen LogP contribution in [-0.4, -0.2) is 27.4 Å². The summed E-state index contributed by atoms with van der Waals surface area (Å²) in [5, 5.41) is 3.60. The summed E-state index contributed by atoms with van der Waals surface area (Å²) < 4.78 is 35.1. The second-order valence-corrected chi connectivity index (χ2v) is 9.57. The van der Waals surface area contributed by atoms with Gasteiger partial charge in [-0.2, -0.15) is 0 Å². The number of halogens is 3. The first-order chi connectivity index (χ1) is 15.5. The Labute approximate surface area is 194 Å². The van der Waals surface area contributed by atoms with E-state index in [4.69, 9.17) is 16.3 Å². The van der Waals surface area contributed by atoms with Gasteiger partial charge in [0.05, 0.1) is 11.4 Å². The van der Waals surface area contributed by atoms with Crippen molar-refractivity contribution in [1.29, 1.82) is 0 Å². The Bertz CT molecular complexity index is 1130. The molecule has 1 saturated carbocycles. The maximum Gasteiger partial charge on any atom is 0.295 e. The lowest BCUT2D eigenvalue weighted by molar-refractivity contribution is -0.0363. The second-order valence-electron chi connectivity index (χ2n) is 8.34. The zero-order valence-corrected chi connectivity index (χ0v) is 19.4. The SMILES string of the molecule is CSc1cc(C2CCC2)ccc1Nc1cc(Cl)nc2c1nc(C(F)F)n2C1CCCCO1. The lowest BCUT2D eigenvalue weighted by Crippen LogP contribution is -2.20. The molecule has 2 aromatic heterocycles. The quantitative estimate of drug-likeness (QED) is 0.294. The van der Waals surface area contributed by atoms with Crippen LogP contribution in [-0.2, 0) is 4.74 Å². The first kappa shape index (κ1) is 21.9. The summed E-state index contributed by atoms with van der Waals surface area (Å²) in [7, 11) is 0. The number of thioether (sulfide) groups is 1. The van der Waals surface area contributed by atoms with Gasteiger partial charge in [-0.05, 0) is 62.0 Å². The number of anilines is 2. The normalized spacial score (nSPS) is 19.5. The van der Waals surface area contributed by atoms with Crippen LogP contribution in [0.4, 0.5) is 20.2 Å². The predicted octanol–water partition coefficient (Wildman–Crippen LogP) is 7.45. The van der Waals surface area contributed by atoms with Crippen molar-refractivity contribution in [3.8, 4) is 0 Å². The van der Waals surface area contributed by atoms with Gasteiger partial charge in [0.2, 0.25) is 0 Å². The summed E-state index contributed by atoms with van der Waals surface area (Å²) in [5.41, 5.74) is 3.49. The van der Waals surface area contributed by atoms with Crippen LogP contribution >= 0.6 is 23.4 Å². The van der Waals surface area contributed by atoms with Gasteiger partial charge in [0.25, 0.3) is 6.43 Å². The molecule has 5 nitrogen and oxygen atoms in total. The van der Waals surface area contributed by atoms with E-state index < -0.39 is 12.7 Å². The molecule has 0 bridgehead atoms. The van der Waals surface area contributed by atoms with E-state index in [2.05, 4.69) is 33.5 Å². The summed E-state index contributed by atoms with van der Waals surface area (Å²) in [6.07, 6.45) is 4.99. The molecule has 3 aromatic rings. The van der Waals surface area contributed by atoms with Gasteiger partial charge in [-0.1, -0.05) is 24.1 Å². The molecule has 3 heterocycles. The van der Waals surface area contributed by atoms with Crippen LogP contribution in [0.15, 0.2) is 29.2 Å². The number of ether oxygens (including phenoxy) is 1. The fourth-order valence-corrected chi connectivity index (χ4v) is 5.24. The molecule has 9 heteroatoms. The third kappa shape index (κ3) is 4.08. The Morgan fingerprint density at radius 2 is 1.97 bits per heavy atom. The molecule has 2 aliphatic rings. The second kappa shape index (κ2) is 9.15. The summed E-state index contributed by atoms with van der Waals surface area (Å²) >= 11 is 7.98. The van der Waals surface area contributed by atoms with Crippen molar-refractivity contribution in [3.05, 3.63) is 40.8 Å². The van der Waals surface area contributed by atoms with Gasteiger partial charge in [-0.25, -0.2) is 18.7 Å². The minimum Gasteiger partial charge on any atom is -0.358 e. The van der Waals surface area contributed by atoms with E-state index in [1.165, 1.54) is 29.4 Å². The minimum absolute atomic E-state index is 0.217. The van der Waals surface area contributed by atoms with Gasteiger partial charge >= 0.3 is 0 Å². The Balaban J connectivity index is 1.57. The van der Waals surface area contributed by atoms with Crippen molar-refractivity contribution in [2.75, 3.05) is 18.2 Å². The molecular formula is C23H25ClF2N4OS. The summed E-state index contributed by atoms with van der Waals surface area (Å²) in [6, 6.07) is 8.05. The van der Waals surface area contributed by atoms with Gasteiger partial charge in [-0.3, -0.25) is 4.57 Å². The van der Waals surface area contributed by atoms with Crippen molar-refractivity contribution in [2.45, 2.75) is 62.0 Å². The highest BCUT2D eigenvalue weighted by atomic mass is 35.5. The van der Waals surface area contributed by atoms with Gasteiger partial charge in [0.15, 0.2) is 11.5 Å². The van der Waals surface area contributed by atoms with E-state index in [9.17, 15) is 8.78 Å². The largest absolute Gasteiger partial charge is 0.358 e. The van der Waals surface area contributed by atoms with Crippen molar-refractivity contribution in [3.63, 3.8) is 0 Å². The standard InChI is InChI=1S/C23H25ClF2N4OS/c1-32-17-11-14(13-5-4-6-13)8-9-15(17)27-16-12-18(24)28-22-20(16)29-23(21(25)26)30(22)19-7-2-3-10-31-19/h8-9,11-13,19,21H,2-7,10H2,1H3,(H,27,28). The van der Waals surface area contributed by atoms with Crippen molar-refractivity contribution >= 4 is 45.9 Å². The third-order valence-electron chi connectivity index (χ3n) is 6.35. The Morgan fingerprint density at radius 3 is 2.62 bits per heavy atom. The number of fused-ring (bicyclic) bond motifs is 1. The smallest absolute Gasteiger partial charge is 0.295 e. The predicted molar refractivity (Wildman–Crippen MR) is 124 cm³/mol. The summed E-state index contributed by atoms with van der Waals surface area (Å²) in [4.78, 5) is 9.75. The number of nitrogens with one attached hydrogen (secondary N) is 1. The summed E-state index contributed by atoms with van der Waals surface area (Å²) in [6.45, 7) is 0.531. The van der Waals surface area contributed by atoms with Crippen molar-refractivity contribution in [2.24, 2.45) is 0 Å². The van der Waals surface area contributed by atoms with E-state index in [1.54, 1.807) is 17.8 Å². The molecular weight excluding hydrogens is 454 g/mol. The molecule has 2 fully saturated rings. The lowest BCUT2D eigenvalue weighted by Gasteiger charge is -2.26. The van der Waals surface area contributed by atoms with Crippen LogP contribution in [0.1, 0.15) is 68.5 Å². The molecule has 0 spiro atoms. The van der Waals surface area contributed by atoms with Crippen LogP contribution in [0.25, 0.3) is 11.2 Å². The number of alkyl halides is 2. The molecule has 0 amide bonds. The number of pyridine rings is 1. The van der Waals surface area contributed by atoms with E-state index in [-0.39, 0.29) is 11.0 Å². The zero-order chi connectivity index (χ0) is 22.2. The topological polar surface area (TPSA) is 52.0 Å². The van der Waals surface area contributed by atoms with Crippen LogP contribution in [0.3, 0.4) is 0 Å². The molecule has 170 valence electrons. The fraction of sp³-hybridized carbons (Fsp3) is 0.478. The highest BCUT2D eigenvalue weighted by Gasteiger charge is 2.29. The van der Waals surface area contributed by atoms with E-state index in [1.807, 2.05) is 6.26 Å². The number of benzene rings is 1. The molecule has 1 N–H and O–H groups in total. The lowest BCUT2D eigenvalue weighted by atomic mass is 9.80. The fourth-order valence-electron chi connectivity index (χ4n) is 4.46. The molecule has 1 aromatic carbocycles. The zero-order valence-electron chi connectivity index (χ0n) is 17.8. The summed E-state index contributed by atoms with van der Waals surface area (Å²) in [5.74, 6) is 0.298. The minimum atomic E-state index is -2.75. The first-order valence-electron chi connectivity index (χ1n) is 11.0. The van der Waals surface area contributed by atoms with Gasteiger partial charge in [0.1, 0.15) is 16.9 Å². The number of hydrogen-bond acceptors (Lipinski definition) is 5. The average molecular weight is 479 g/mol. The van der Waals surface area contributed by atoms with E-state index in [0.29, 0.717) is 35.8 Å². The number of nitrogens with zero attached hydrogens (tertiary/aromatic N) is 3. The van der Waals surface area contributed by atoms with Crippen LogP contribution in [0.5, 0.6) is 0 Å². The highest BCUT2D eigenvalue weighted by molar-refractivity contribution is 7.98. The molecule has 1 aliphatic carbocycles. The molecule has 1 saturated heterocycles. The molecule has 1 atom stereocenters. The van der Waals surface area contributed by atoms with Gasteiger partial charge < -0.3 is 10.1 Å². The Kier molecular flexibility index (Phi) is 6.27. The van der Waals surface area contributed by atoms with Crippen LogP contribution in [0.2, 0.25) is 5.15 Å². The monoisotopic (exact) mass is 478 g/mol. The van der Waals surface area contributed by atoms with Crippen molar-refractivity contribution in [1.82, 2.24) is 14.5 Å². The maximum atomic E-state index is 13.9. The van der Waals surface area contributed by atoms with Crippen molar-refractivity contribution < 1.29 is 13.5 Å². The number of aromatic nitrogens is 3. The number of rotatable bonds is 6. The van der Waals surface area contributed by atoms with Crippen LogP contribution in [0, 0.1) is 0 Å². The Morgan fingerprint density at radius 1 is 1.12 bits per heavy atom. The third-order valence-corrected chi connectivity index (χ3v) is 7.33. The average Bonchev–Trinajstić information content (AvgIpc) is 3.14.